The van der Waals surface area contributed by atoms with Gasteiger partial charge in [-0.05, 0) is 18.1 Å². The van der Waals surface area contributed by atoms with Crippen molar-refractivity contribution in [2.24, 2.45) is 0 Å². The summed E-state index contributed by atoms with van der Waals surface area (Å²) in [5.41, 5.74) is 1.09. The summed E-state index contributed by atoms with van der Waals surface area (Å²) in [6, 6.07) is 10.1. The zero-order chi connectivity index (χ0) is 11.1. The van der Waals surface area contributed by atoms with Crippen LogP contribution in [0.5, 0.6) is 0 Å². The maximum absolute atomic E-state index is 3.46. The maximum Gasteiger partial charge on any atom is 0.140 e. The minimum atomic E-state index is 0.889. The molecule has 0 aromatic heterocycles. The van der Waals surface area contributed by atoms with Gasteiger partial charge in [-0.3, -0.25) is 0 Å². The Morgan fingerprint density at radius 1 is 1.20 bits per heavy atom. The molecule has 0 aliphatic carbocycles. The molecule has 15 heavy (non-hydrogen) atoms. The van der Waals surface area contributed by atoms with Crippen molar-refractivity contribution < 1.29 is 4.48 Å². The van der Waals surface area contributed by atoms with Crippen LogP contribution in [0.2, 0.25) is 0 Å². The first-order valence-electron chi connectivity index (χ1n) is 5.06. The summed E-state index contributed by atoms with van der Waals surface area (Å²) in [5, 5.41) is 1.02. The number of nitrogens with zero attached hydrogens (tertiary/aromatic N) is 1. The summed E-state index contributed by atoms with van der Waals surface area (Å²) in [6.07, 6.45) is 0. The van der Waals surface area contributed by atoms with E-state index in [0.29, 0.717) is 0 Å². The molecule has 0 fully saturated rings. The molecule has 0 radical (unpaired) electrons. The SMILES string of the molecule is C[N+](C)(CC#Cc1ccccc1)CCBr. The Hall–Kier alpha value is -0.780. The van der Waals surface area contributed by atoms with Gasteiger partial charge in [0.15, 0.2) is 0 Å². The first-order chi connectivity index (χ1) is 7.14. The second kappa shape index (κ2) is 5.95. The molecule has 0 saturated carbocycles. The van der Waals surface area contributed by atoms with Crippen LogP contribution in [0.25, 0.3) is 0 Å². The first-order valence-corrected chi connectivity index (χ1v) is 6.18. The van der Waals surface area contributed by atoms with Crippen LogP contribution in [0.3, 0.4) is 0 Å². The number of hydrogen-bond acceptors (Lipinski definition) is 0. The third-order valence-corrected chi connectivity index (χ3v) is 2.56. The Morgan fingerprint density at radius 3 is 2.47 bits per heavy atom. The number of alkyl halides is 1. The zero-order valence-corrected chi connectivity index (χ0v) is 10.9. The van der Waals surface area contributed by atoms with Gasteiger partial charge in [-0.25, -0.2) is 0 Å². The van der Waals surface area contributed by atoms with Crippen LogP contribution >= 0.6 is 15.9 Å². The molecule has 0 aliphatic heterocycles. The van der Waals surface area contributed by atoms with Crippen LogP contribution < -0.4 is 0 Å². The predicted molar refractivity (Wildman–Crippen MR) is 69.0 cm³/mol. The number of quaternary nitrogens is 1. The fourth-order valence-corrected chi connectivity index (χ4v) is 2.14. The summed E-state index contributed by atoms with van der Waals surface area (Å²) in [7, 11) is 4.39. The van der Waals surface area contributed by atoms with Crippen LogP contribution in [0.15, 0.2) is 30.3 Å². The van der Waals surface area contributed by atoms with E-state index in [-0.39, 0.29) is 0 Å². The predicted octanol–water partition coefficient (Wildman–Crippen LogP) is 2.51. The average Bonchev–Trinajstić information content (AvgIpc) is 2.19. The van der Waals surface area contributed by atoms with Crippen molar-refractivity contribution in [2.45, 2.75) is 0 Å². The molecule has 0 heterocycles. The number of benzene rings is 1. The fraction of sp³-hybridized carbons (Fsp3) is 0.385. The summed E-state index contributed by atoms with van der Waals surface area (Å²) in [6.45, 7) is 1.99. The highest BCUT2D eigenvalue weighted by Gasteiger charge is 2.10. The summed E-state index contributed by atoms with van der Waals surface area (Å²) in [5.74, 6) is 6.41. The van der Waals surface area contributed by atoms with Crippen LogP contribution in [-0.4, -0.2) is 37.0 Å². The first kappa shape index (κ1) is 12.3. The topological polar surface area (TPSA) is 0 Å². The smallest absolute Gasteiger partial charge is 0.140 e. The second-order valence-corrected chi connectivity index (χ2v) is 4.97. The average molecular weight is 267 g/mol. The molecule has 0 aliphatic rings. The molecule has 0 spiro atoms. The monoisotopic (exact) mass is 266 g/mol. The summed E-state index contributed by atoms with van der Waals surface area (Å²) >= 11 is 3.46. The Kier molecular flexibility index (Phi) is 4.87. The number of rotatable bonds is 3. The van der Waals surface area contributed by atoms with Crippen molar-refractivity contribution in [2.75, 3.05) is 32.5 Å². The summed E-state index contributed by atoms with van der Waals surface area (Å²) < 4.78 is 0.936. The van der Waals surface area contributed by atoms with Crippen LogP contribution in [0.1, 0.15) is 5.56 Å². The molecular weight excluding hydrogens is 250 g/mol. The molecule has 1 rings (SSSR count). The lowest BCUT2D eigenvalue weighted by Crippen LogP contribution is -2.41. The standard InChI is InChI=1S/C13H17BrN/c1-15(2,12-10-14)11-6-9-13-7-4-3-5-8-13/h3-5,7-8H,10-12H2,1-2H3/q+1. The molecule has 0 bridgehead atoms. The van der Waals surface area contributed by atoms with E-state index in [1.54, 1.807) is 0 Å². The summed E-state index contributed by atoms with van der Waals surface area (Å²) in [4.78, 5) is 0. The Bertz CT molecular complexity index is 346. The lowest BCUT2D eigenvalue weighted by Gasteiger charge is -2.26. The van der Waals surface area contributed by atoms with Gasteiger partial charge in [0.2, 0.25) is 0 Å². The highest BCUT2D eigenvalue weighted by Crippen LogP contribution is 1.98. The van der Waals surface area contributed by atoms with Gasteiger partial charge < -0.3 is 4.48 Å². The van der Waals surface area contributed by atoms with Crippen molar-refractivity contribution in [1.82, 2.24) is 0 Å². The van der Waals surface area contributed by atoms with E-state index >= 15 is 0 Å². The van der Waals surface area contributed by atoms with E-state index in [0.717, 1.165) is 28.5 Å². The molecule has 0 atom stereocenters. The Morgan fingerprint density at radius 2 is 1.87 bits per heavy atom. The quantitative estimate of drug-likeness (QED) is 0.448. The second-order valence-electron chi connectivity index (χ2n) is 4.17. The Balaban J connectivity index is 2.53. The van der Waals surface area contributed by atoms with Crippen molar-refractivity contribution in [1.29, 1.82) is 0 Å². The molecule has 2 heteroatoms. The molecule has 0 unspecified atom stereocenters. The normalized spacial score (nSPS) is 10.6. The molecule has 0 saturated heterocycles. The molecular formula is C13H17BrN+. The van der Waals surface area contributed by atoms with Gasteiger partial charge in [-0.2, -0.15) is 0 Å². The van der Waals surface area contributed by atoms with Crippen molar-refractivity contribution in [3.05, 3.63) is 35.9 Å². The van der Waals surface area contributed by atoms with Crippen molar-refractivity contribution in [3.63, 3.8) is 0 Å². The third kappa shape index (κ3) is 5.01. The lowest BCUT2D eigenvalue weighted by atomic mass is 10.2. The van der Waals surface area contributed by atoms with Crippen molar-refractivity contribution in [3.8, 4) is 11.8 Å². The lowest BCUT2D eigenvalue weighted by molar-refractivity contribution is -0.880. The van der Waals surface area contributed by atoms with E-state index in [2.05, 4.69) is 41.9 Å². The highest BCUT2D eigenvalue weighted by molar-refractivity contribution is 9.09. The van der Waals surface area contributed by atoms with Gasteiger partial charge in [0, 0.05) is 5.56 Å². The van der Waals surface area contributed by atoms with Gasteiger partial charge in [0.1, 0.15) is 6.54 Å². The van der Waals surface area contributed by atoms with E-state index in [9.17, 15) is 0 Å². The fourth-order valence-electron chi connectivity index (χ4n) is 1.18. The maximum atomic E-state index is 3.46. The van der Waals surface area contributed by atoms with Gasteiger partial charge >= 0.3 is 0 Å². The van der Waals surface area contributed by atoms with Gasteiger partial charge in [-0.1, -0.05) is 40.0 Å². The minimum absolute atomic E-state index is 0.889. The highest BCUT2D eigenvalue weighted by atomic mass is 79.9. The van der Waals surface area contributed by atoms with Gasteiger partial charge in [0.25, 0.3) is 0 Å². The van der Waals surface area contributed by atoms with Crippen LogP contribution in [0, 0.1) is 11.8 Å². The molecule has 0 N–H and O–H groups in total. The third-order valence-electron chi connectivity index (χ3n) is 2.20. The van der Waals surface area contributed by atoms with E-state index in [4.69, 9.17) is 0 Å². The molecule has 1 aromatic carbocycles. The molecule has 80 valence electrons. The van der Waals surface area contributed by atoms with Crippen molar-refractivity contribution >= 4 is 15.9 Å². The number of halogens is 1. The Labute approximate surface area is 101 Å². The van der Waals surface area contributed by atoms with Crippen LogP contribution in [-0.2, 0) is 0 Å². The largest absolute Gasteiger partial charge is 0.318 e. The molecule has 0 amide bonds. The van der Waals surface area contributed by atoms with E-state index in [1.165, 1.54) is 0 Å². The number of hydrogen-bond donors (Lipinski definition) is 0. The van der Waals surface area contributed by atoms with Gasteiger partial charge in [-0.15, -0.1) is 0 Å². The zero-order valence-electron chi connectivity index (χ0n) is 9.33. The molecule has 1 nitrogen and oxygen atoms in total. The van der Waals surface area contributed by atoms with Crippen LogP contribution in [0.4, 0.5) is 0 Å². The van der Waals surface area contributed by atoms with E-state index < -0.39 is 0 Å². The van der Waals surface area contributed by atoms with Gasteiger partial charge in [0.05, 0.1) is 26.0 Å². The minimum Gasteiger partial charge on any atom is -0.318 e. The van der Waals surface area contributed by atoms with E-state index in [1.807, 2.05) is 30.3 Å². The molecule has 1 aromatic rings.